The summed E-state index contributed by atoms with van der Waals surface area (Å²) in [5.41, 5.74) is 1.24. The van der Waals surface area contributed by atoms with Crippen LogP contribution in [0, 0.1) is 6.92 Å². The second kappa shape index (κ2) is 7.31. The smallest absolute Gasteiger partial charge is 0.419 e. The maximum Gasteiger partial charge on any atom is 0.419 e. The summed E-state index contributed by atoms with van der Waals surface area (Å²) in [5.74, 6) is 1.75. The van der Waals surface area contributed by atoms with Crippen molar-refractivity contribution in [2.24, 2.45) is 0 Å². The van der Waals surface area contributed by atoms with Crippen LogP contribution in [0.15, 0.2) is 54.6 Å². The normalized spacial score (nSPS) is 10.3. The van der Waals surface area contributed by atoms with E-state index in [1.54, 1.807) is 0 Å². The van der Waals surface area contributed by atoms with Crippen molar-refractivity contribution in [1.82, 2.24) is 0 Å². The first-order chi connectivity index (χ1) is 8.84. The molecule has 19 heavy (non-hydrogen) atoms. The molecule has 0 unspecified atom stereocenters. The van der Waals surface area contributed by atoms with Crippen molar-refractivity contribution < 1.29 is 19.1 Å². The number of rotatable bonds is 2. The molecule has 0 heterocycles. The Bertz CT molecular complexity index is 528. The molecule has 0 aliphatic heterocycles. The summed E-state index contributed by atoms with van der Waals surface area (Å²) < 4.78 is 14.7. The number of hydrogen-bond acceptors (Lipinski definition) is 2. The first-order valence-corrected chi connectivity index (χ1v) is 7.91. The van der Waals surface area contributed by atoms with Gasteiger partial charge in [0.25, 0.3) is 0 Å². The number of aryl methyl sites for hydroxylation is 1. The molecule has 0 saturated heterocycles. The van der Waals surface area contributed by atoms with E-state index in [9.17, 15) is 0 Å². The van der Waals surface area contributed by atoms with Crippen molar-refractivity contribution in [3.63, 3.8) is 0 Å². The summed E-state index contributed by atoms with van der Waals surface area (Å²) in [6.07, 6.45) is 0. The summed E-state index contributed by atoms with van der Waals surface area (Å²) in [6, 6.07) is 17.8. The van der Waals surface area contributed by atoms with Crippen LogP contribution in [0.4, 0.5) is 0 Å². The molecule has 2 aromatic carbocycles. The lowest BCUT2D eigenvalue weighted by Gasteiger charge is -2.04. The van der Waals surface area contributed by atoms with Crippen LogP contribution in [0.25, 0.3) is 0 Å². The van der Waals surface area contributed by atoms with Crippen LogP contribution < -0.4 is 4.74 Å². The molecular weight excluding hydrogens is 287 g/mol. The minimum Gasteiger partial charge on any atom is -0.457 e. The molecule has 0 amide bonds. The molecule has 2 N–H and O–H groups in total. The average Bonchev–Trinajstić information content (AvgIpc) is 2.31. The Kier molecular flexibility index (Phi) is 6.06. The van der Waals surface area contributed by atoms with Crippen molar-refractivity contribution in [3.05, 3.63) is 60.2 Å². The van der Waals surface area contributed by atoms with E-state index in [1.165, 1.54) is 5.56 Å². The van der Waals surface area contributed by atoms with E-state index in [2.05, 4.69) is 18.2 Å². The predicted molar refractivity (Wildman–Crippen MR) is 75.6 cm³/mol. The quantitative estimate of drug-likeness (QED) is 0.819. The van der Waals surface area contributed by atoms with Gasteiger partial charge in [0.1, 0.15) is 11.5 Å². The third kappa shape index (κ3) is 8.41. The van der Waals surface area contributed by atoms with Crippen molar-refractivity contribution >= 4 is 18.2 Å². The van der Waals surface area contributed by atoms with Crippen LogP contribution >= 0.6 is 18.2 Å². The van der Waals surface area contributed by atoms with Crippen LogP contribution in [-0.2, 0) is 4.57 Å². The molecule has 0 aliphatic carbocycles. The topological polar surface area (TPSA) is 66.8 Å². The maximum absolute atomic E-state index is 9.09. The summed E-state index contributed by atoms with van der Waals surface area (Å²) in [5, 5.41) is 0. The largest absolute Gasteiger partial charge is 0.457 e. The number of hydrogen-bond donors (Lipinski definition) is 2. The molecule has 0 spiro atoms. The van der Waals surface area contributed by atoms with Crippen molar-refractivity contribution in [2.75, 3.05) is 0 Å². The molecule has 2 aromatic rings. The first-order valence-electron chi connectivity index (χ1n) is 5.39. The standard InChI is InChI=1S/C13H12O.ClH2O3P/c1-11-7-9-13(10-8-11)14-12-5-3-2-4-6-12;1-5(2,3)4/h2-10H,1H3;(H2,2,3,4). The highest BCUT2D eigenvalue weighted by Gasteiger charge is 2.01. The third-order valence-electron chi connectivity index (χ3n) is 2.00. The van der Waals surface area contributed by atoms with Gasteiger partial charge in [-0.2, -0.15) is 0 Å². The second-order valence-electron chi connectivity index (χ2n) is 3.70. The van der Waals surface area contributed by atoms with E-state index in [4.69, 9.17) is 19.1 Å². The molecule has 0 aliphatic rings. The van der Waals surface area contributed by atoms with Gasteiger partial charge in [-0.3, -0.25) is 0 Å². The minimum absolute atomic E-state index is 0.872. The molecule has 0 bridgehead atoms. The molecule has 2 rings (SSSR count). The summed E-state index contributed by atoms with van der Waals surface area (Å²) in [4.78, 5) is 14.8. The molecule has 4 nitrogen and oxygen atoms in total. The Hall–Kier alpha value is -1.32. The lowest BCUT2D eigenvalue weighted by atomic mass is 10.2. The maximum atomic E-state index is 9.09. The van der Waals surface area contributed by atoms with Gasteiger partial charge in [-0.25, -0.2) is 4.57 Å². The Morgan fingerprint density at radius 3 is 1.84 bits per heavy atom. The molecule has 102 valence electrons. The van der Waals surface area contributed by atoms with Gasteiger partial charge in [0.15, 0.2) is 0 Å². The number of para-hydroxylation sites is 1. The van der Waals surface area contributed by atoms with Gasteiger partial charge in [-0.15, -0.1) is 0 Å². The Morgan fingerprint density at radius 2 is 1.37 bits per heavy atom. The fourth-order valence-corrected chi connectivity index (χ4v) is 1.23. The monoisotopic (exact) mass is 300 g/mol. The third-order valence-corrected chi connectivity index (χ3v) is 2.00. The number of benzene rings is 2. The molecular formula is C13H14ClO4P. The molecule has 0 radical (unpaired) electrons. The van der Waals surface area contributed by atoms with E-state index in [1.807, 2.05) is 54.6 Å². The van der Waals surface area contributed by atoms with Crippen LogP contribution in [0.1, 0.15) is 5.56 Å². The summed E-state index contributed by atoms with van der Waals surface area (Å²) in [6.45, 7) is -2.10. The number of halogens is 1. The second-order valence-corrected chi connectivity index (χ2v) is 5.97. The van der Waals surface area contributed by atoms with Gasteiger partial charge < -0.3 is 14.5 Å². The van der Waals surface area contributed by atoms with Crippen LogP contribution in [0.3, 0.4) is 0 Å². The van der Waals surface area contributed by atoms with Crippen LogP contribution in [0.5, 0.6) is 11.5 Å². The van der Waals surface area contributed by atoms with Gasteiger partial charge in [0.05, 0.1) is 0 Å². The Labute approximate surface area is 116 Å². The lowest BCUT2D eigenvalue weighted by Crippen LogP contribution is -1.82. The molecule has 0 aromatic heterocycles. The van der Waals surface area contributed by atoms with Crippen molar-refractivity contribution in [1.29, 1.82) is 0 Å². The molecule has 0 atom stereocenters. The van der Waals surface area contributed by atoms with Gasteiger partial charge >= 0.3 is 6.95 Å². The first kappa shape index (κ1) is 15.7. The van der Waals surface area contributed by atoms with E-state index in [0.29, 0.717) is 0 Å². The minimum atomic E-state index is -4.17. The van der Waals surface area contributed by atoms with E-state index >= 15 is 0 Å². The van der Waals surface area contributed by atoms with E-state index in [0.717, 1.165) is 11.5 Å². The average molecular weight is 301 g/mol. The fourth-order valence-electron chi connectivity index (χ4n) is 1.23. The zero-order valence-corrected chi connectivity index (χ0v) is 11.9. The molecule has 0 fully saturated rings. The highest BCUT2D eigenvalue weighted by molar-refractivity contribution is 7.79. The highest BCUT2D eigenvalue weighted by Crippen LogP contribution is 2.39. The van der Waals surface area contributed by atoms with Crippen molar-refractivity contribution in [3.8, 4) is 11.5 Å². The van der Waals surface area contributed by atoms with Gasteiger partial charge in [0.2, 0.25) is 0 Å². The zero-order valence-electron chi connectivity index (χ0n) is 10.2. The zero-order chi connectivity index (χ0) is 14.3. The predicted octanol–water partition coefficient (Wildman–Crippen LogP) is 4.11. The van der Waals surface area contributed by atoms with Gasteiger partial charge in [-0.05, 0) is 31.2 Å². The van der Waals surface area contributed by atoms with Gasteiger partial charge in [-0.1, -0.05) is 35.9 Å². The van der Waals surface area contributed by atoms with Crippen molar-refractivity contribution in [2.45, 2.75) is 6.92 Å². The molecule has 0 saturated carbocycles. The lowest BCUT2D eigenvalue weighted by molar-refractivity contribution is 0.395. The SMILES string of the molecule is Cc1ccc(Oc2ccccc2)cc1.O=P(O)(O)Cl. The summed E-state index contributed by atoms with van der Waals surface area (Å²) in [7, 11) is 0. The van der Waals surface area contributed by atoms with E-state index < -0.39 is 6.95 Å². The van der Waals surface area contributed by atoms with Crippen LogP contribution in [-0.4, -0.2) is 9.79 Å². The summed E-state index contributed by atoms with van der Waals surface area (Å²) >= 11 is 4.20. The Balaban J connectivity index is 0.000000312. The van der Waals surface area contributed by atoms with E-state index in [-0.39, 0.29) is 0 Å². The molecule has 6 heteroatoms. The highest BCUT2D eigenvalue weighted by atomic mass is 35.7. The number of ether oxygens (including phenoxy) is 1. The fraction of sp³-hybridized carbons (Fsp3) is 0.0769. The van der Waals surface area contributed by atoms with Crippen LogP contribution in [0.2, 0.25) is 0 Å². The van der Waals surface area contributed by atoms with Gasteiger partial charge in [0, 0.05) is 11.2 Å². The Morgan fingerprint density at radius 1 is 0.947 bits per heavy atom.